The molecule has 0 aliphatic carbocycles. The van der Waals surface area contributed by atoms with Gasteiger partial charge in [0.2, 0.25) is 0 Å². The van der Waals surface area contributed by atoms with E-state index in [9.17, 15) is 4.79 Å². The molecule has 6 nitrogen and oxygen atoms in total. The van der Waals surface area contributed by atoms with Crippen LogP contribution in [0.5, 0.6) is 0 Å². The normalized spacial score (nSPS) is 11.0. The molecular formula is C19H15Cl2N5OS. The molecule has 0 unspecified atom stereocenters. The third-order valence-corrected chi connectivity index (χ3v) is 5.78. The Morgan fingerprint density at radius 1 is 1.32 bits per heavy atom. The van der Waals surface area contributed by atoms with Gasteiger partial charge in [-0.05, 0) is 24.6 Å². The molecule has 3 heterocycles. The molecular weight excluding hydrogens is 417 g/mol. The Morgan fingerprint density at radius 2 is 2.18 bits per heavy atom. The van der Waals surface area contributed by atoms with Crippen molar-refractivity contribution in [3.63, 3.8) is 0 Å². The van der Waals surface area contributed by atoms with Gasteiger partial charge in [-0.15, -0.1) is 11.3 Å². The number of carbonyl (C=O) groups is 1. The van der Waals surface area contributed by atoms with Gasteiger partial charge in [0.05, 0.1) is 33.5 Å². The van der Waals surface area contributed by atoms with Gasteiger partial charge < -0.3 is 10.3 Å². The number of H-pyrrole nitrogens is 1. The lowest BCUT2D eigenvalue weighted by Crippen LogP contribution is -2.16. The average molecular weight is 432 g/mol. The number of halogens is 2. The number of rotatable bonds is 5. The van der Waals surface area contributed by atoms with Crippen LogP contribution < -0.4 is 5.32 Å². The number of hydrogen-bond acceptors (Lipinski definition) is 4. The Hall–Kier alpha value is -2.61. The maximum Gasteiger partial charge on any atom is 0.273 e. The summed E-state index contributed by atoms with van der Waals surface area (Å²) in [6.45, 7) is 2.33. The molecule has 1 aromatic carbocycles. The fourth-order valence-electron chi connectivity index (χ4n) is 2.75. The van der Waals surface area contributed by atoms with Crippen molar-refractivity contribution in [1.29, 1.82) is 0 Å². The maximum atomic E-state index is 12.6. The molecule has 1 amide bonds. The molecule has 4 rings (SSSR count). The van der Waals surface area contributed by atoms with E-state index in [4.69, 9.17) is 23.2 Å². The molecule has 28 heavy (non-hydrogen) atoms. The summed E-state index contributed by atoms with van der Waals surface area (Å²) in [4.78, 5) is 20.1. The lowest BCUT2D eigenvalue weighted by Gasteiger charge is -2.10. The van der Waals surface area contributed by atoms with E-state index in [1.54, 1.807) is 46.6 Å². The monoisotopic (exact) mass is 431 g/mol. The first-order valence-corrected chi connectivity index (χ1v) is 10.0. The average Bonchev–Trinajstić information content (AvgIpc) is 3.40. The van der Waals surface area contributed by atoms with Crippen LogP contribution in [-0.2, 0) is 6.54 Å². The van der Waals surface area contributed by atoms with Crippen molar-refractivity contribution in [2.45, 2.75) is 13.5 Å². The van der Waals surface area contributed by atoms with Crippen LogP contribution >= 0.6 is 34.5 Å². The van der Waals surface area contributed by atoms with Gasteiger partial charge in [-0.2, -0.15) is 5.10 Å². The Kier molecular flexibility index (Phi) is 5.21. The number of aromatic nitrogens is 4. The summed E-state index contributed by atoms with van der Waals surface area (Å²) < 4.78 is 1.66. The minimum absolute atomic E-state index is 0.267. The number of nitrogens with one attached hydrogen (secondary N) is 2. The molecule has 0 atom stereocenters. The number of aromatic amines is 1. The molecule has 9 heteroatoms. The molecule has 4 aromatic rings. The van der Waals surface area contributed by atoms with Gasteiger partial charge in [-0.1, -0.05) is 35.3 Å². The number of hydrogen-bond donors (Lipinski definition) is 2. The second kappa shape index (κ2) is 7.79. The number of carbonyl (C=O) groups excluding carboxylic acids is 1. The first kappa shape index (κ1) is 18.7. The van der Waals surface area contributed by atoms with Gasteiger partial charge in [0.25, 0.3) is 5.91 Å². The molecule has 0 fully saturated rings. The van der Waals surface area contributed by atoms with Crippen molar-refractivity contribution >= 4 is 46.3 Å². The number of thiazole rings is 1. The van der Waals surface area contributed by atoms with E-state index in [2.05, 4.69) is 20.4 Å². The molecule has 2 N–H and O–H groups in total. The minimum atomic E-state index is -0.267. The Labute approximate surface area is 175 Å². The zero-order valence-corrected chi connectivity index (χ0v) is 17.1. The lowest BCUT2D eigenvalue weighted by molar-refractivity contribution is 0.102. The zero-order chi connectivity index (χ0) is 19.7. The van der Waals surface area contributed by atoms with E-state index in [-0.39, 0.29) is 5.91 Å². The fraction of sp³-hybridized carbons (Fsp3) is 0.105. The van der Waals surface area contributed by atoms with E-state index in [1.165, 1.54) is 0 Å². The molecule has 0 aliphatic heterocycles. The standard InChI is InChI=1S/C19H15Cl2N5OS/c1-11-24-16(10-28-11)13-7-15(22-8-13)19(27)25-17-5-6-23-26(17)9-12-3-2-4-14(20)18(12)21/h2-8,10,22H,9H2,1H3,(H,25,27). The third kappa shape index (κ3) is 3.82. The summed E-state index contributed by atoms with van der Waals surface area (Å²) in [5, 5.41) is 11.0. The molecule has 0 radical (unpaired) electrons. The smallest absolute Gasteiger partial charge is 0.273 e. The number of anilines is 1. The highest BCUT2D eigenvalue weighted by atomic mass is 35.5. The molecule has 0 spiro atoms. The first-order valence-electron chi connectivity index (χ1n) is 8.38. The van der Waals surface area contributed by atoms with Crippen LogP contribution in [0, 0.1) is 6.92 Å². The van der Waals surface area contributed by atoms with Crippen molar-refractivity contribution in [1.82, 2.24) is 19.7 Å². The minimum Gasteiger partial charge on any atom is -0.357 e. The quantitative estimate of drug-likeness (QED) is 0.452. The van der Waals surface area contributed by atoms with E-state index in [1.807, 2.05) is 24.4 Å². The Balaban J connectivity index is 1.51. The van der Waals surface area contributed by atoms with Crippen molar-refractivity contribution < 1.29 is 4.79 Å². The van der Waals surface area contributed by atoms with Crippen molar-refractivity contribution in [3.05, 3.63) is 74.4 Å². The summed E-state index contributed by atoms with van der Waals surface area (Å²) in [6, 6.07) is 8.93. The SMILES string of the molecule is Cc1nc(-c2c[nH]c(C(=O)Nc3ccnn3Cc3cccc(Cl)c3Cl)c2)cs1. The Bertz CT molecular complexity index is 1150. The van der Waals surface area contributed by atoms with E-state index in [0.29, 0.717) is 28.1 Å². The van der Waals surface area contributed by atoms with E-state index >= 15 is 0 Å². The molecule has 0 saturated carbocycles. The summed E-state index contributed by atoms with van der Waals surface area (Å²) in [6.07, 6.45) is 3.39. The van der Waals surface area contributed by atoms with Crippen LogP contribution in [0.4, 0.5) is 5.82 Å². The van der Waals surface area contributed by atoms with E-state index in [0.717, 1.165) is 21.8 Å². The van der Waals surface area contributed by atoms with Gasteiger partial charge in [0.1, 0.15) is 11.5 Å². The van der Waals surface area contributed by atoms with Crippen LogP contribution in [0.2, 0.25) is 10.0 Å². The predicted octanol–water partition coefficient (Wildman–Crippen LogP) is 5.25. The highest BCUT2D eigenvalue weighted by molar-refractivity contribution is 7.09. The van der Waals surface area contributed by atoms with Gasteiger partial charge in [0.15, 0.2) is 0 Å². The van der Waals surface area contributed by atoms with Gasteiger partial charge in [-0.3, -0.25) is 4.79 Å². The summed E-state index contributed by atoms with van der Waals surface area (Å²) >= 11 is 13.9. The largest absolute Gasteiger partial charge is 0.357 e. The van der Waals surface area contributed by atoms with Gasteiger partial charge >= 0.3 is 0 Å². The highest BCUT2D eigenvalue weighted by Gasteiger charge is 2.14. The summed E-state index contributed by atoms with van der Waals surface area (Å²) in [5.41, 5.74) is 2.97. The predicted molar refractivity (Wildman–Crippen MR) is 112 cm³/mol. The number of benzene rings is 1. The lowest BCUT2D eigenvalue weighted by atomic mass is 10.2. The van der Waals surface area contributed by atoms with Crippen LogP contribution in [0.15, 0.2) is 48.1 Å². The van der Waals surface area contributed by atoms with Crippen LogP contribution in [0.3, 0.4) is 0 Å². The number of amides is 1. The van der Waals surface area contributed by atoms with Crippen LogP contribution in [0.1, 0.15) is 21.1 Å². The van der Waals surface area contributed by atoms with Crippen molar-refractivity contribution in [2.75, 3.05) is 5.32 Å². The molecule has 0 bridgehead atoms. The zero-order valence-electron chi connectivity index (χ0n) is 14.7. The van der Waals surface area contributed by atoms with Crippen molar-refractivity contribution in [3.8, 4) is 11.3 Å². The topological polar surface area (TPSA) is 75.6 Å². The number of nitrogens with zero attached hydrogens (tertiary/aromatic N) is 3. The van der Waals surface area contributed by atoms with Crippen LogP contribution in [0.25, 0.3) is 11.3 Å². The van der Waals surface area contributed by atoms with Gasteiger partial charge in [-0.25, -0.2) is 9.67 Å². The third-order valence-electron chi connectivity index (χ3n) is 4.15. The second-order valence-corrected chi connectivity index (χ2v) is 7.94. The Morgan fingerprint density at radius 3 is 2.96 bits per heavy atom. The van der Waals surface area contributed by atoms with Gasteiger partial charge in [0, 0.05) is 23.2 Å². The summed E-state index contributed by atoms with van der Waals surface area (Å²) in [5.74, 6) is 0.291. The van der Waals surface area contributed by atoms with E-state index < -0.39 is 0 Å². The molecule has 0 saturated heterocycles. The highest BCUT2D eigenvalue weighted by Crippen LogP contribution is 2.27. The first-order chi connectivity index (χ1) is 13.5. The number of aryl methyl sites for hydroxylation is 1. The fourth-order valence-corrected chi connectivity index (χ4v) is 3.75. The molecule has 142 valence electrons. The van der Waals surface area contributed by atoms with Crippen molar-refractivity contribution in [2.24, 2.45) is 0 Å². The molecule has 3 aromatic heterocycles. The second-order valence-electron chi connectivity index (χ2n) is 6.09. The molecule has 0 aliphatic rings. The maximum absolute atomic E-state index is 12.6. The van der Waals surface area contributed by atoms with Crippen LogP contribution in [-0.4, -0.2) is 25.7 Å². The summed E-state index contributed by atoms with van der Waals surface area (Å²) in [7, 11) is 0.